The van der Waals surface area contributed by atoms with Gasteiger partial charge in [-0.1, -0.05) is 19.1 Å². The summed E-state index contributed by atoms with van der Waals surface area (Å²) in [6.07, 6.45) is 2.97. The van der Waals surface area contributed by atoms with Gasteiger partial charge in [0.15, 0.2) is 17.3 Å². The maximum Gasteiger partial charge on any atom is 0.231 e. The first-order chi connectivity index (χ1) is 10.8. The molecule has 0 unspecified atom stereocenters. The van der Waals surface area contributed by atoms with Crippen molar-refractivity contribution >= 4 is 0 Å². The van der Waals surface area contributed by atoms with Gasteiger partial charge in [0.25, 0.3) is 0 Å². The van der Waals surface area contributed by atoms with E-state index in [1.165, 1.54) is 0 Å². The maximum absolute atomic E-state index is 5.55. The van der Waals surface area contributed by atoms with Gasteiger partial charge in [0, 0.05) is 31.0 Å². The zero-order valence-corrected chi connectivity index (χ0v) is 12.7. The molecule has 0 saturated heterocycles. The van der Waals surface area contributed by atoms with Crippen LogP contribution >= 0.6 is 0 Å². The lowest BCUT2D eigenvalue weighted by atomic mass is 10.1. The van der Waals surface area contributed by atoms with Crippen molar-refractivity contribution in [1.29, 1.82) is 0 Å². The van der Waals surface area contributed by atoms with Crippen LogP contribution in [0.2, 0.25) is 0 Å². The summed E-state index contributed by atoms with van der Waals surface area (Å²) in [5.41, 5.74) is 1.15. The highest BCUT2D eigenvalue weighted by molar-refractivity contribution is 5.48. The summed E-state index contributed by atoms with van der Waals surface area (Å²) < 4.78 is 13.0. The highest BCUT2D eigenvalue weighted by Crippen LogP contribution is 2.35. The monoisotopic (exact) mass is 300 g/mol. The Morgan fingerprint density at radius 2 is 2.32 bits per heavy atom. The molecule has 116 valence electrons. The summed E-state index contributed by atoms with van der Waals surface area (Å²) in [6.45, 7) is 4.07. The van der Waals surface area contributed by atoms with Crippen LogP contribution in [0.4, 0.5) is 0 Å². The Labute approximate surface area is 129 Å². The molecule has 0 bridgehead atoms. The Hall–Kier alpha value is -2.08. The van der Waals surface area contributed by atoms with Gasteiger partial charge in [0.1, 0.15) is 5.82 Å². The highest BCUT2D eigenvalue weighted by atomic mass is 16.7. The van der Waals surface area contributed by atoms with E-state index in [1.54, 1.807) is 0 Å². The minimum absolute atomic E-state index is 0.317. The molecule has 6 nitrogen and oxygen atoms in total. The molecule has 0 fully saturated rings. The van der Waals surface area contributed by atoms with Crippen LogP contribution in [0.15, 0.2) is 18.2 Å². The van der Waals surface area contributed by atoms with E-state index in [0.717, 1.165) is 61.1 Å². The molecule has 1 aromatic carbocycles. The van der Waals surface area contributed by atoms with Gasteiger partial charge in [-0.25, -0.2) is 9.67 Å². The Kier molecular flexibility index (Phi) is 3.46. The fraction of sp³-hybridized carbons (Fsp3) is 0.500. The number of rotatable bonds is 4. The quantitative estimate of drug-likeness (QED) is 0.931. The molecule has 0 radical (unpaired) electrons. The zero-order chi connectivity index (χ0) is 14.9. The first-order valence-electron chi connectivity index (χ1n) is 7.87. The van der Waals surface area contributed by atoms with Gasteiger partial charge in [-0.15, -0.1) is 0 Å². The number of fused-ring (bicyclic) bond motifs is 2. The Balaban J connectivity index is 1.42. The van der Waals surface area contributed by atoms with Gasteiger partial charge in [0.05, 0.1) is 6.54 Å². The first-order valence-corrected chi connectivity index (χ1v) is 7.87. The Bertz CT molecular complexity index is 683. The molecule has 2 aliphatic rings. The fourth-order valence-corrected chi connectivity index (χ4v) is 3.06. The number of hydrogen-bond donors (Lipinski definition) is 1. The standard InChI is InChI=1S/C16H20N4O2/c1-2-14-18-15-7-6-12(9-20(15)19-14)17-8-11-4-3-5-13-16(11)22-10-21-13/h3-5,12,17H,2,6-10H2,1H3/t12-/m1/s1. The second-order valence-electron chi connectivity index (χ2n) is 5.75. The smallest absolute Gasteiger partial charge is 0.231 e. The molecule has 3 heterocycles. The number of nitrogens with zero attached hydrogens (tertiary/aromatic N) is 3. The summed E-state index contributed by atoms with van der Waals surface area (Å²) in [6, 6.07) is 6.45. The molecule has 4 rings (SSSR count). The number of benzene rings is 1. The van der Waals surface area contributed by atoms with Crippen molar-refractivity contribution < 1.29 is 9.47 Å². The van der Waals surface area contributed by atoms with E-state index in [1.807, 2.05) is 12.1 Å². The predicted molar refractivity (Wildman–Crippen MR) is 80.9 cm³/mol. The lowest BCUT2D eigenvalue weighted by Gasteiger charge is -2.23. The van der Waals surface area contributed by atoms with Gasteiger partial charge in [-0.2, -0.15) is 5.10 Å². The van der Waals surface area contributed by atoms with Crippen molar-refractivity contribution in [2.24, 2.45) is 0 Å². The van der Waals surface area contributed by atoms with Crippen molar-refractivity contribution in [3.8, 4) is 11.5 Å². The number of ether oxygens (including phenoxy) is 2. The van der Waals surface area contributed by atoms with Crippen LogP contribution in [0.3, 0.4) is 0 Å². The maximum atomic E-state index is 5.55. The zero-order valence-electron chi connectivity index (χ0n) is 12.7. The SMILES string of the molecule is CCc1nc2n(n1)C[C@H](NCc1cccc3c1OCO3)CC2. The van der Waals surface area contributed by atoms with Crippen LogP contribution in [0, 0.1) is 0 Å². The van der Waals surface area contributed by atoms with Crippen molar-refractivity contribution in [3.63, 3.8) is 0 Å². The molecule has 22 heavy (non-hydrogen) atoms. The Morgan fingerprint density at radius 3 is 3.23 bits per heavy atom. The van der Waals surface area contributed by atoms with E-state index in [-0.39, 0.29) is 0 Å². The van der Waals surface area contributed by atoms with E-state index in [9.17, 15) is 0 Å². The average molecular weight is 300 g/mol. The van der Waals surface area contributed by atoms with Crippen molar-refractivity contribution in [2.45, 2.75) is 45.3 Å². The van der Waals surface area contributed by atoms with E-state index in [0.29, 0.717) is 12.8 Å². The summed E-state index contributed by atoms with van der Waals surface area (Å²) in [5.74, 6) is 3.78. The van der Waals surface area contributed by atoms with Crippen molar-refractivity contribution in [1.82, 2.24) is 20.1 Å². The van der Waals surface area contributed by atoms with Crippen LogP contribution in [-0.2, 0) is 25.9 Å². The third kappa shape index (κ3) is 2.43. The molecule has 0 aliphatic carbocycles. The molecule has 2 aliphatic heterocycles. The lowest BCUT2D eigenvalue weighted by Crippen LogP contribution is -2.37. The topological polar surface area (TPSA) is 61.2 Å². The summed E-state index contributed by atoms with van der Waals surface area (Å²) in [4.78, 5) is 4.56. The first kappa shape index (κ1) is 13.6. The van der Waals surface area contributed by atoms with Crippen LogP contribution in [0.5, 0.6) is 11.5 Å². The van der Waals surface area contributed by atoms with Crippen LogP contribution in [0.25, 0.3) is 0 Å². The number of aryl methyl sites for hydroxylation is 2. The van der Waals surface area contributed by atoms with Crippen LogP contribution < -0.4 is 14.8 Å². The van der Waals surface area contributed by atoms with E-state index in [4.69, 9.17) is 9.47 Å². The summed E-state index contributed by atoms with van der Waals surface area (Å²) in [7, 11) is 0. The molecule has 1 N–H and O–H groups in total. The summed E-state index contributed by atoms with van der Waals surface area (Å²) >= 11 is 0. The second kappa shape index (κ2) is 5.61. The average Bonchev–Trinajstić information content (AvgIpc) is 3.18. The number of hydrogen-bond acceptors (Lipinski definition) is 5. The molecule has 6 heteroatoms. The van der Waals surface area contributed by atoms with Crippen LogP contribution in [-0.4, -0.2) is 27.6 Å². The number of aromatic nitrogens is 3. The normalized spacial score (nSPS) is 19.2. The molecular formula is C16H20N4O2. The third-order valence-electron chi connectivity index (χ3n) is 4.28. The molecule has 0 spiro atoms. The van der Waals surface area contributed by atoms with E-state index in [2.05, 4.69) is 33.1 Å². The molecule has 0 saturated carbocycles. The Morgan fingerprint density at radius 1 is 1.36 bits per heavy atom. The minimum atomic E-state index is 0.317. The van der Waals surface area contributed by atoms with Crippen molar-refractivity contribution in [3.05, 3.63) is 35.4 Å². The largest absolute Gasteiger partial charge is 0.454 e. The predicted octanol–water partition coefficient (Wildman–Crippen LogP) is 1.67. The van der Waals surface area contributed by atoms with E-state index < -0.39 is 0 Å². The van der Waals surface area contributed by atoms with Gasteiger partial charge in [0.2, 0.25) is 6.79 Å². The summed E-state index contributed by atoms with van der Waals surface area (Å²) in [5, 5.41) is 8.16. The van der Waals surface area contributed by atoms with Gasteiger partial charge >= 0.3 is 0 Å². The molecule has 2 aromatic rings. The molecule has 0 amide bonds. The van der Waals surface area contributed by atoms with Crippen molar-refractivity contribution in [2.75, 3.05) is 6.79 Å². The minimum Gasteiger partial charge on any atom is -0.454 e. The van der Waals surface area contributed by atoms with Gasteiger partial charge in [-0.05, 0) is 12.5 Å². The number of para-hydroxylation sites is 1. The highest BCUT2D eigenvalue weighted by Gasteiger charge is 2.22. The van der Waals surface area contributed by atoms with Gasteiger partial charge < -0.3 is 14.8 Å². The van der Waals surface area contributed by atoms with E-state index >= 15 is 0 Å². The lowest BCUT2D eigenvalue weighted by molar-refractivity contribution is 0.173. The van der Waals surface area contributed by atoms with Crippen LogP contribution in [0.1, 0.15) is 30.6 Å². The fourth-order valence-electron chi connectivity index (χ4n) is 3.06. The van der Waals surface area contributed by atoms with Gasteiger partial charge in [-0.3, -0.25) is 0 Å². The molecule has 1 aromatic heterocycles. The molecular weight excluding hydrogens is 280 g/mol. The number of nitrogens with one attached hydrogen (secondary N) is 1. The third-order valence-corrected chi connectivity index (χ3v) is 4.28. The molecule has 1 atom stereocenters. The second-order valence-corrected chi connectivity index (χ2v) is 5.75.